The lowest BCUT2D eigenvalue weighted by molar-refractivity contribution is -0.243. The lowest BCUT2D eigenvalue weighted by Gasteiger charge is -2.41. The normalized spacial score (nSPS) is 19.6. The molecule has 3 aromatic rings. The Morgan fingerprint density at radius 1 is 0.960 bits per heavy atom. The number of hydrogen-bond acceptors (Lipinski definition) is 6. The number of rotatable bonds is 10. The molecular formula is C30H29F11N6O3. The van der Waals surface area contributed by atoms with Crippen molar-refractivity contribution in [1.29, 1.82) is 0 Å². The van der Waals surface area contributed by atoms with Crippen LogP contribution in [0.4, 0.5) is 59.9 Å². The van der Waals surface area contributed by atoms with E-state index >= 15 is 0 Å². The van der Waals surface area contributed by atoms with Crippen molar-refractivity contribution in [2.24, 2.45) is 11.3 Å². The molecule has 2 heterocycles. The summed E-state index contributed by atoms with van der Waals surface area (Å²) in [4.78, 5) is 36.2. The van der Waals surface area contributed by atoms with Gasteiger partial charge in [-0.05, 0) is 62.3 Å². The van der Waals surface area contributed by atoms with E-state index in [9.17, 15) is 57.9 Å². The van der Waals surface area contributed by atoms with Crippen LogP contribution in [0.5, 0.6) is 5.88 Å². The zero-order valence-electron chi connectivity index (χ0n) is 25.7. The first-order valence-electron chi connectivity index (χ1n) is 15.3. The first-order chi connectivity index (χ1) is 23.3. The second kappa shape index (κ2) is 13.7. The van der Waals surface area contributed by atoms with Gasteiger partial charge in [0, 0.05) is 12.6 Å². The van der Waals surface area contributed by atoms with Gasteiger partial charge in [0.15, 0.2) is 12.3 Å². The summed E-state index contributed by atoms with van der Waals surface area (Å²) in [5, 5.41) is 7.08. The van der Waals surface area contributed by atoms with E-state index < -0.39 is 103 Å². The van der Waals surface area contributed by atoms with E-state index in [0.29, 0.717) is 6.07 Å². The second-order valence-corrected chi connectivity index (χ2v) is 12.2. The van der Waals surface area contributed by atoms with Crippen LogP contribution >= 0.6 is 0 Å². The number of halogens is 11. The van der Waals surface area contributed by atoms with Gasteiger partial charge >= 0.3 is 18.5 Å². The molecule has 2 aliphatic rings. The zero-order valence-corrected chi connectivity index (χ0v) is 25.7. The summed E-state index contributed by atoms with van der Waals surface area (Å²) < 4.78 is 152. The van der Waals surface area contributed by atoms with Crippen LogP contribution in [0.2, 0.25) is 0 Å². The Bertz CT molecular complexity index is 1710. The number of imidazole rings is 1. The molecule has 2 amide bonds. The highest BCUT2D eigenvalue weighted by Crippen LogP contribution is 2.53. The summed E-state index contributed by atoms with van der Waals surface area (Å²) >= 11 is 0. The Hall–Kier alpha value is -4.39. The molecule has 2 aromatic heterocycles. The molecule has 20 heteroatoms. The van der Waals surface area contributed by atoms with Gasteiger partial charge in [0.2, 0.25) is 17.7 Å². The van der Waals surface area contributed by atoms with E-state index in [1.165, 1.54) is 0 Å². The third kappa shape index (κ3) is 7.98. The quantitative estimate of drug-likeness (QED) is 0.160. The van der Waals surface area contributed by atoms with Crippen LogP contribution in [0, 0.1) is 11.3 Å². The molecule has 2 saturated carbocycles. The highest BCUT2D eigenvalue weighted by atomic mass is 19.4. The molecule has 0 radical (unpaired) electrons. The number of hydrogen-bond donors (Lipinski definition) is 4. The van der Waals surface area contributed by atoms with E-state index in [1.807, 2.05) is 0 Å². The summed E-state index contributed by atoms with van der Waals surface area (Å²) in [6, 6.07) is 2.93. The van der Waals surface area contributed by atoms with Gasteiger partial charge < -0.3 is 25.7 Å². The largest absolute Gasteiger partial charge is 0.471 e. The molecule has 2 fully saturated rings. The Balaban J connectivity index is 1.38. The monoisotopic (exact) mass is 730 g/mol. The third-order valence-electron chi connectivity index (χ3n) is 8.83. The van der Waals surface area contributed by atoms with Gasteiger partial charge in [0.05, 0.1) is 17.2 Å². The number of aromatic amines is 1. The van der Waals surface area contributed by atoms with Crippen molar-refractivity contribution in [2.75, 3.05) is 11.9 Å². The second-order valence-electron chi connectivity index (χ2n) is 12.2. The molecule has 0 bridgehead atoms. The molecule has 0 atom stereocenters. The Labute approximate surface area is 275 Å². The number of benzene rings is 1. The number of carbonyl (C=O) groups is 2. The minimum absolute atomic E-state index is 0.00523. The number of anilines is 2. The molecule has 274 valence electrons. The van der Waals surface area contributed by atoms with Gasteiger partial charge in [-0.25, -0.2) is 13.8 Å². The number of pyridine rings is 1. The van der Waals surface area contributed by atoms with Crippen molar-refractivity contribution in [3.05, 3.63) is 41.0 Å². The number of nitrogens with one attached hydrogen (secondary N) is 4. The molecule has 0 aliphatic heterocycles. The number of carbonyl (C=O) groups excluding carboxylic acids is 2. The fourth-order valence-electron chi connectivity index (χ4n) is 5.93. The first kappa shape index (κ1) is 36.9. The lowest BCUT2D eigenvalue weighted by atomic mass is 9.67. The molecule has 0 saturated heterocycles. The minimum atomic E-state index is -4.93. The average molecular weight is 731 g/mol. The molecule has 4 N–H and O–H groups in total. The topological polar surface area (TPSA) is 121 Å². The molecule has 9 nitrogen and oxygen atoms in total. The van der Waals surface area contributed by atoms with Crippen molar-refractivity contribution < 1.29 is 62.6 Å². The fourth-order valence-corrected chi connectivity index (χ4v) is 5.93. The molecule has 5 rings (SSSR count). The van der Waals surface area contributed by atoms with Gasteiger partial charge in [-0.2, -0.15) is 44.5 Å². The molecule has 0 spiro atoms. The maximum absolute atomic E-state index is 13.9. The Morgan fingerprint density at radius 3 is 2.20 bits per heavy atom. The van der Waals surface area contributed by atoms with Crippen molar-refractivity contribution in [1.82, 2.24) is 25.6 Å². The van der Waals surface area contributed by atoms with Gasteiger partial charge in [0.1, 0.15) is 16.5 Å². The molecule has 2 aliphatic carbocycles. The van der Waals surface area contributed by atoms with Crippen molar-refractivity contribution >= 4 is 34.6 Å². The van der Waals surface area contributed by atoms with E-state index in [0.717, 1.165) is 18.2 Å². The smallest absolute Gasteiger partial charge is 0.418 e. The van der Waals surface area contributed by atoms with Gasteiger partial charge in [0.25, 0.3) is 12.3 Å². The zero-order chi connectivity index (χ0) is 36.6. The Morgan fingerprint density at radius 2 is 1.64 bits per heavy atom. The van der Waals surface area contributed by atoms with Crippen molar-refractivity contribution in [2.45, 2.75) is 82.5 Å². The first-order valence-corrected chi connectivity index (χ1v) is 15.3. The van der Waals surface area contributed by atoms with Gasteiger partial charge in [-0.1, -0.05) is 12.5 Å². The van der Waals surface area contributed by atoms with Crippen LogP contribution in [0.1, 0.15) is 66.4 Å². The maximum Gasteiger partial charge on any atom is 0.418 e. The number of alkyl halides is 11. The number of ether oxygens (including phenoxy) is 1. The number of nitrogens with zero attached hydrogens (tertiary/aromatic N) is 2. The summed E-state index contributed by atoms with van der Waals surface area (Å²) in [5.74, 6) is -4.73. The van der Waals surface area contributed by atoms with E-state index in [2.05, 4.69) is 30.9 Å². The van der Waals surface area contributed by atoms with E-state index in [1.54, 1.807) is 0 Å². The van der Waals surface area contributed by atoms with Crippen LogP contribution in [-0.4, -0.2) is 58.2 Å². The van der Waals surface area contributed by atoms with Gasteiger partial charge in [-0.15, -0.1) is 0 Å². The van der Waals surface area contributed by atoms with E-state index in [-0.39, 0.29) is 54.8 Å². The molecule has 0 unspecified atom stereocenters. The van der Waals surface area contributed by atoms with Crippen molar-refractivity contribution in [3.63, 3.8) is 0 Å². The van der Waals surface area contributed by atoms with Crippen molar-refractivity contribution in [3.8, 4) is 5.88 Å². The van der Waals surface area contributed by atoms with E-state index in [4.69, 9.17) is 4.74 Å². The summed E-state index contributed by atoms with van der Waals surface area (Å²) in [7, 11) is 0. The number of H-pyrrole nitrogens is 1. The minimum Gasteiger partial charge on any atom is -0.471 e. The van der Waals surface area contributed by atoms with Crippen LogP contribution < -0.4 is 20.7 Å². The summed E-state index contributed by atoms with van der Waals surface area (Å²) in [6.45, 7) is -1.73. The highest BCUT2D eigenvalue weighted by Gasteiger charge is 2.63. The highest BCUT2D eigenvalue weighted by molar-refractivity contribution is 5.99. The number of aromatic nitrogens is 3. The molecular weight excluding hydrogens is 701 g/mol. The fraction of sp³-hybridized carbons (Fsp3) is 0.533. The third-order valence-corrected chi connectivity index (χ3v) is 8.83. The lowest BCUT2D eigenvalue weighted by Crippen LogP contribution is -2.54. The molecule has 1 aromatic carbocycles. The van der Waals surface area contributed by atoms with Gasteiger partial charge in [-0.3, -0.25) is 9.59 Å². The standard InChI is InChI=1S/C30H29F11N6O3/c31-21(32)13-50-24-17(23(48)43-16-5-3-15(4-6-16)28(33,34)35)11-20-22(46-24)47-26(45-20)44-19-10-14(2-7-18(19)29(36,37)38)12-42-25(49)27(8-1-9-27)30(39,40)41/h2,7,10-11,15-16,21H,1,3-6,8-9,12-13H2,(H,42,49)(H,43,48)(H2,44,45,46,47)/t15-,16-. The Kier molecular flexibility index (Phi) is 10.1. The molecule has 50 heavy (non-hydrogen) atoms. The summed E-state index contributed by atoms with van der Waals surface area (Å²) in [5.41, 5.74) is -5.17. The predicted octanol–water partition coefficient (Wildman–Crippen LogP) is 7.56. The van der Waals surface area contributed by atoms with Crippen LogP contribution in [-0.2, 0) is 17.5 Å². The summed E-state index contributed by atoms with van der Waals surface area (Å²) in [6.07, 6.45) is -18.3. The predicted molar refractivity (Wildman–Crippen MR) is 154 cm³/mol. The maximum atomic E-state index is 13.9. The van der Waals surface area contributed by atoms with Crippen LogP contribution in [0.15, 0.2) is 24.3 Å². The SMILES string of the molecule is O=C(N[C@H]1CC[C@H](C(F)(F)F)CC1)c1cc2nc(Nc3cc(CNC(=O)C4(C(F)(F)F)CCC4)ccc3C(F)(F)F)[nH]c2nc1OCC(F)F. The average Bonchev–Trinajstić information content (AvgIpc) is 3.37. The van der Waals surface area contributed by atoms with Crippen LogP contribution in [0.25, 0.3) is 11.2 Å². The number of amides is 2. The van der Waals surface area contributed by atoms with Crippen LogP contribution in [0.3, 0.4) is 0 Å². The number of fused-ring (bicyclic) bond motifs is 1.